The number of aryl methyl sites for hydroxylation is 2. The Balaban J connectivity index is 1.36. The lowest BCUT2D eigenvalue weighted by Gasteiger charge is -2.37. The molecule has 2 unspecified atom stereocenters. The quantitative estimate of drug-likeness (QED) is 0.637. The van der Waals surface area contributed by atoms with E-state index in [1.54, 1.807) is 6.08 Å². The Bertz CT molecular complexity index is 1120. The van der Waals surface area contributed by atoms with Crippen LogP contribution in [-0.2, 0) is 11.2 Å². The van der Waals surface area contributed by atoms with Crippen LogP contribution in [0.2, 0.25) is 0 Å². The number of rotatable bonds is 5. The van der Waals surface area contributed by atoms with E-state index in [0.717, 1.165) is 47.4 Å². The van der Waals surface area contributed by atoms with Crippen LogP contribution in [0.25, 0.3) is 10.8 Å². The summed E-state index contributed by atoms with van der Waals surface area (Å²) in [6.07, 6.45) is 14.8. The molecule has 0 spiro atoms. The van der Waals surface area contributed by atoms with Crippen LogP contribution < -0.4 is 0 Å². The monoisotopic (exact) mass is 449 g/mol. The molecule has 3 aliphatic heterocycles. The van der Waals surface area contributed by atoms with E-state index in [1.165, 1.54) is 31.4 Å². The molecule has 0 aromatic carbocycles. The first-order valence-electron chi connectivity index (χ1n) is 11.8. The molecule has 0 radical (unpaired) electrons. The minimum Gasteiger partial charge on any atom is -0.304 e. The zero-order valence-corrected chi connectivity index (χ0v) is 20.2. The SMILES string of the molecule is CCCN1CCC(C2=CN3C(=O)C=C(c4cc5c(CC)nc(C)cn5n4)PC3C=C2)CC1. The largest absolute Gasteiger partial charge is 0.304 e. The van der Waals surface area contributed by atoms with E-state index in [0.29, 0.717) is 14.5 Å². The van der Waals surface area contributed by atoms with E-state index in [9.17, 15) is 4.79 Å². The van der Waals surface area contributed by atoms with Gasteiger partial charge in [-0.05, 0) is 69.8 Å². The first-order valence-corrected chi connectivity index (χ1v) is 12.9. The second kappa shape index (κ2) is 8.92. The Morgan fingerprint density at radius 1 is 1.22 bits per heavy atom. The van der Waals surface area contributed by atoms with Gasteiger partial charge in [-0.1, -0.05) is 34.6 Å². The minimum atomic E-state index is 0.0658. The zero-order chi connectivity index (χ0) is 22.2. The predicted molar refractivity (Wildman–Crippen MR) is 131 cm³/mol. The van der Waals surface area contributed by atoms with E-state index in [4.69, 9.17) is 5.10 Å². The van der Waals surface area contributed by atoms with E-state index in [2.05, 4.69) is 48.1 Å². The minimum absolute atomic E-state index is 0.0658. The number of hydrogen-bond acceptors (Lipinski definition) is 4. The molecular weight excluding hydrogens is 417 g/mol. The zero-order valence-electron chi connectivity index (χ0n) is 19.2. The summed E-state index contributed by atoms with van der Waals surface area (Å²) in [5, 5.41) is 5.83. The van der Waals surface area contributed by atoms with Gasteiger partial charge in [0.05, 0.1) is 34.6 Å². The fourth-order valence-corrected chi connectivity index (χ4v) is 6.40. The Labute approximate surface area is 191 Å². The summed E-state index contributed by atoms with van der Waals surface area (Å²) in [6.45, 7) is 9.87. The molecule has 0 aliphatic carbocycles. The van der Waals surface area contributed by atoms with Crippen molar-refractivity contribution in [1.29, 1.82) is 0 Å². The molecule has 5 rings (SSSR count). The number of likely N-dealkylation sites (tertiary alicyclic amines) is 1. The third-order valence-corrected chi connectivity index (χ3v) is 8.22. The first kappa shape index (κ1) is 21.5. The van der Waals surface area contributed by atoms with E-state index in [-0.39, 0.29) is 11.7 Å². The maximum absolute atomic E-state index is 13.1. The number of piperidine rings is 1. The lowest BCUT2D eigenvalue weighted by molar-refractivity contribution is -0.123. The van der Waals surface area contributed by atoms with Crippen molar-refractivity contribution >= 4 is 25.3 Å². The van der Waals surface area contributed by atoms with Crippen molar-refractivity contribution in [3.05, 3.63) is 59.3 Å². The topological polar surface area (TPSA) is 53.7 Å². The van der Waals surface area contributed by atoms with E-state index < -0.39 is 0 Å². The third-order valence-electron chi connectivity index (χ3n) is 6.75. The predicted octanol–water partition coefficient (Wildman–Crippen LogP) is 4.36. The highest BCUT2D eigenvalue weighted by Crippen LogP contribution is 2.45. The molecule has 2 aromatic heterocycles. The van der Waals surface area contributed by atoms with Gasteiger partial charge in [0.1, 0.15) is 0 Å². The molecular formula is C25H32N5OP. The number of amides is 1. The van der Waals surface area contributed by atoms with Crippen molar-refractivity contribution in [2.24, 2.45) is 5.92 Å². The Morgan fingerprint density at radius 2 is 2.03 bits per heavy atom. The molecule has 2 aromatic rings. The number of nitrogens with zero attached hydrogens (tertiary/aromatic N) is 5. The molecule has 7 heteroatoms. The number of fused-ring (bicyclic) bond motifs is 2. The maximum atomic E-state index is 13.1. The Hall–Kier alpha value is -2.30. The van der Waals surface area contributed by atoms with Gasteiger partial charge in [0.2, 0.25) is 0 Å². The molecule has 2 atom stereocenters. The van der Waals surface area contributed by atoms with Crippen molar-refractivity contribution in [2.75, 3.05) is 19.6 Å². The molecule has 0 saturated carbocycles. The molecule has 32 heavy (non-hydrogen) atoms. The van der Waals surface area contributed by atoms with Crippen molar-refractivity contribution in [3.63, 3.8) is 0 Å². The molecule has 168 valence electrons. The van der Waals surface area contributed by atoms with E-state index in [1.807, 2.05) is 22.5 Å². The summed E-state index contributed by atoms with van der Waals surface area (Å²) < 4.78 is 1.91. The standard InChI is InChI=1S/C25H32N5OP/c1-4-10-28-11-8-18(9-12-28)19-6-7-25-29(16-19)24(31)14-23(32-25)21-13-22-20(5-2)26-17(3)15-30(22)27-21/h6-7,13-16,18,25,32H,4-5,8-12H2,1-3H3. The van der Waals surface area contributed by atoms with Gasteiger partial charge in [0.25, 0.3) is 5.91 Å². The molecule has 1 amide bonds. The molecule has 0 bridgehead atoms. The lowest BCUT2D eigenvalue weighted by Crippen LogP contribution is -2.38. The van der Waals surface area contributed by atoms with Crippen LogP contribution in [-0.4, -0.2) is 55.7 Å². The van der Waals surface area contributed by atoms with Crippen molar-refractivity contribution in [3.8, 4) is 0 Å². The summed E-state index contributed by atoms with van der Waals surface area (Å²) >= 11 is 0. The maximum Gasteiger partial charge on any atom is 0.252 e. The molecule has 1 saturated heterocycles. The van der Waals surface area contributed by atoms with Crippen LogP contribution in [0, 0.1) is 12.8 Å². The lowest BCUT2D eigenvalue weighted by atomic mass is 9.88. The van der Waals surface area contributed by atoms with Gasteiger partial charge in [-0.25, -0.2) is 4.52 Å². The number of aromatic nitrogens is 3. The van der Waals surface area contributed by atoms with Crippen LogP contribution in [0.1, 0.15) is 50.2 Å². The second-order valence-electron chi connectivity index (χ2n) is 9.04. The molecule has 0 N–H and O–H groups in total. The second-order valence-corrected chi connectivity index (χ2v) is 10.5. The van der Waals surface area contributed by atoms with Crippen LogP contribution in [0.15, 0.2) is 42.3 Å². The van der Waals surface area contributed by atoms with Gasteiger partial charge in [0, 0.05) is 17.6 Å². The summed E-state index contributed by atoms with van der Waals surface area (Å²) in [6, 6.07) is 2.09. The van der Waals surface area contributed by atoms with Gasteiger partial charge in [0.15, 0.2) is 0 Å². The average Bonchev–Trinajstić information content (AvgIpc) is 3.23. The molecule has 1 fully saturated rings. The van der Waals surface area contributed by atoms with Crippen molar-refractivity contribution in [1.82, 2.24) is 24.4 Å². The fourth-order valence-electron chi connectivity index (χ4n) is 5.07. The highest BCUT2D eigenvalue weighted by molar-refractivity contribution is 7.51. The summed E-state index contributed by atoms with van der Waals surface area (Å²) in [4.78, 5) is 22.2. The fraction of sp³-hybridized carbons (Fsp3) is 0.480. The molecule has 6 nitrogen and oxygen atoms in total. The first-order chi connectivity index (χ1) is 15.6. The van der Waals surface area contributed by atoms with Crippen LogP contribution in [0.5, 0.6) is 0 Å². The summed E-state index contributed by atoms with van der Waals surface area (Å²) in [7, 11) is 0.490. The van der Waals surface area contributed by atoms with Gasteiger partial charge < -0.3 is 9.80 Å². The average molecular weight is 450 g/mol. The Kier molecular flexibility index (Phi) is 6.00. The summed E-state index contributed by atoms with van der Waals surface area (Å²) in [5.74, 6) is 0.723. The van der Waals surface area contributed by atoms with E-state index >= 15 is 0 Å². The number of allylic oxidation sites excluding steroid dienone is 2. The number of hydrogen-bond donors (Lipinski definition) is 0. The van der Waals surface area contributed by atoms with Crippen molar-refractivity contribution in [2.45, 2.75) is 52.2 Å². The van der Waals surface area contributed by atoms with Gasteiger partial charge in [-0.3, -0.25) is 9.78 Å². The van der Waals surface area contributed by atoms with Crippen molar-refractivity contribution < 1.29 is 4.79 Å². The van der Waals surface area contributed by atoms with Crippen LogP contribution in [0.4, 0.5) is 0 Å². The number of carbonyl (C=O) groups excluding carboxylic acids is 1. The summed E-state index contributed by atoms with van der Waals surface area (Å²) in [5.41, 5.74) is 5.25. The van der Waals surface area contributed by atoms with Gasteiger partial charge >= 0.3 is 0 Å². The smallest absolute Gasteiger partial charge is 0.252 e. The van der Waals surface area contributed by atoms with Crippen LogP contribution in [0.3, 0.4) is 0 Å². The highest BCUT2D eigenvalue weighted by Gasteiger charge is 2.31. The Morgan fingerprint density at radius 3 is 2.78 bits per heavy atom. The number of carbonyl (C=O) groups is 1. The third kappa shape index (κ3) is 4.06. The van der Waals surface area contributed by atoms with Gasteiger partial charge in [-0.15, -0.1) is 0 Å². The highest BCUT2D eigenvalue weighted by atomic mass is 31.1. The van der Waals surface area contributed by atoms with Gasteiger partial charge in [-0.2, -0.15) is 5.10 Å². The molecule has 3 aliphatic rings. The normalized spacial score (nSPS) is 23.0. The molecule has 5 heterocycles. The van der Waals surface area contributed by atoms with Crippen LogP contribution >= 0.6 is 8.58 Å².